The van der Waals surface area contributed by atoms with Crippen LogP contribution in [0.5, 0.6) is 0 Å². The number of hydrogen-bond acceptors (Lipinski definition) is 4. The minimum absolute atomic E-state index is 0.369. The molecule has 1 aliphatic rings. The van der Waals surface area contributed by atoms with Crippen molar-refractivity contribution < 1.29 is 23.9 Å². The van der Waals surface area contributed by atoms with Gasteiger partial charge in [-0.25, -0.2) is 9.87 Å². The summed E-state index contributed by atoms with van der Waals surface area (Å²) in [6.45, 7) is 1.23. The topological polar surface area (TPSA) is 87.7 Å². The van der Waals surface area contributed by atoms with Crippen LogP contribution in [-0.2, 0) is 15.2 Å². The first kappa shape index (κ1) is 21.9. The number of aliphatic hydroxyl groups excluding tert-OH is 1. The Morgan fingerprint density at radius 2 is 1.60 bits per heavy atom. The van der Waals surface area contributed by atoms with Crippen LogP contribution in [0.3, 0.4) is 0 Å². The van der Waals surface area contributed by atoms with Crippen LogP contribution < -0.4 is 10.8 Å². The van der Waals surface area contributed by atoms with E-state index in [-0.39, 0.29) is 5.92 Å². The highest BCUT2D eigenvalue weighted by Gasteiger charge is 2.51. The Morgan fingerprint density at radius 3 is 2.17 bits per heavy atom. The first-order valence-electron chi connectivity index (χ1n) is 10.1. The average Bonchev–Trinajstić information content (AvgIpc) is 2.76. The number of amides is 2. The molecule has 1 fully saturated rings. The van der Waals surface area contributed by atoms with E-state index < -0.39 is 29.8 Å². The van der Waals surface area contributed by atoms with Crippen molar-refractivity contribution >= 4 is 11.8 Å². The lowest BCUT2D eigenvalue weighted by Gasteiger charge is -2.44. The summed E-state index contributed by atoms with van der Waals surface area (Å²) in [6, 6.07) is 17.2. The first-order valence-corrected chi connectivity index (χ1v) is 10.1. The molecule has 160 valence electrons. The number of alkyl halides is 1. The summed E-state index contributed by atoms with van der Waals surface area (Å²) >= 11 is 0. The molecule has 2 aromatic rings. The molecule has 2 amide bonds. The van der Waals surface area contributed by atoms with E-state index >= 15 is 4.39 Å². The van der Waals surface area contributed by atoms with Crippen molar-refractivity contribution in [1.82, 2.24) is 10.8 Å². The van der Waals surface area contributed by atoms with Gasteiger partial charge in [-0.3, -0.25) is 14.4 Å². The highest BCUT2D eigenvalue weighted by atomic mass is 19.1. The molecule has 0 heterocycles. The molecule has 0 aromatic heterocycles. The van der Waals surface area contributed by atoms with Crippen LogP contribution in [0.15, 0.2) is 60.7 Å². The van der Waals surface area contributed by atoms with Gasteiger partial charge in [0, 0.05) is 12.5 Å². The lowest BCUT2D eigenvalue weighted by Crippen LogP contribution is -2.57. The Balaban J connectivity index is 1.98. The third-order valence-corrected chi connectivity index (χ3v) is 5.58. The second kappa shape index (κ2) is 9.82. The van der Waals surface area contributed by atoms with Crippen molar-refractivity contribution in [1.29, 1.82) is 0 Å². The van der Waals surface area contributed by atoms with Crippen molar-refractivity contribution in [2.75, 3.05) is 0 Å². The number of aliphatic hydroxyl groups is 1. The molecule has 1 unspecified atom stereocenters. The maximum Gasteiger partial charge on any atom is 0.274 e. The molecule has 2 atom stereocenters. The second-order valence-electron chi connectivity index (χ2n) is 7.63. The van der Waals surface area contributed by atoms with Gasteiger partial charge >= 0.3 is 0 Å². The van der Waals surface area contributed by atoms with Crippen molar-refractivity contribution in [3.63, 3.8) is 0 Å². The number of rotatable bonds is 7. The van der Waals surface area contributed by atoms with E-state index in [2.05, 4.69) is 10.8 Å². The van der Waals surface area contributed by atoms with Gasteiger partial charge in [-0.05, 0) is 49.3 Å². The molecule has 6 nitrogen and oxygen atoms in total. The van der Waals surface area contributed by atoms with E-state index in [1.165, 1.54) is 6.92 Å². The molecule has 3 N–H and O–H groups in total. The number of halogens is 1. The molecule has 3 rings (SSSR count). The second-order valence-corrected chi connectivity index (χ2v) is 7.63. The molecule has 0 aliphatic heterocycles. The molecule has 0 spiro atoms. The Kier molecular flexibility index (Phi) is 7.18. The lowest BCUT2D eigenvalue weighted by molar-refractivity contribution is -0.190. The van der Waals surface area contributed by atoms with Gasteiger partial charge in [0.25, 0.3) is 5.91 Å². The van der Waals surface area contributed by atoms with Gasteiger partial charge in [-0.2, -0.15) is 0 Å². The fourth-order valence-electron chi connectivity index (χ4n) is 4.05. The van der Waals surface area contributed by atoms with E-state index in [4.69, 9.17) is 4.84 Å². The van der Waals surface area contributed by atoms with Crippen molar-refractivity contribution in [3.8, 4) is 0 Å². The molecule has 0 radical (unpaired) electrons. The number of hydroxylamine groups is 1. The molecule has 0 saturated heterocycles. The highest BCUT2D eigenvalue weighted by molar-refractivity contribution is 5.93. The van der Waals surface area contributed by atoms with Gasteiger partial charge in [0.05, 0.1) is 6.10 Å². The molecular weight excluding hydrogens is 387 g/mol. The molecule has 1 aliphatic carbocycles. The fraction of sp³-hybridized carbons (Fsp3) is 0.391. The summed E-state index contributed by atoms with van der Waals surface area (Å²) in [5.74, 6) is -1.43. The predicted molar refractivity (Wildman–Crippen MR) is 110 cm³/mol. The monoisotopic (exact) mass is 414 g/mol. The van der Waals surface area contributed by atoms with E-state index in [1.54, 1.807) is 60.7 Å². The Morgan fingerprint density at radius 1 is 1.03 bits per heavy atom. The number of hydrogen-bond donors (Lipinski definition) is 3. The number of benzene rings is 2. The maximum atomic E-state index is 15.7. The van der Waals surface area contributed by atoms with Gasteiger partial charge in [0.15, 0.2) is 5.60 Å². The molecule has 7 heteroatoms. The van der Waals surface area contributed by atoms with Crippen molar-refractivity contribution in [3.05, 3.63) is 71.8 Å². The normalized spacial score (nSPS) is 21.8. The molecule has 0 bridgehead atoms. The highest BCUT2D eigenvalue weighted by Crippen LogP contribution is 2.44. The van der Waals surface area contributed by atoms with Crippen LogP contribution in [0, 0.1) is 5.92 Å². The van der Waals surface area contributed by atoms with Crippen LogP contribution in [0.1, 0.15) is 48.5 Å². The minimum atomic E-state index is -1.91. The average molecular weight is 414 g/mol. The van der Waals surface area contributed by atoms with Gasteiger partial charge in [-0.1, -0.05) is 48.5 Å². The van der Waals surface area contributed by atoms with Crippen LogP contribution in [0.2, 0.25) is 0 Å². The molecule has 1 saturated carbocycles. The summed E-state index contributed by atoms with van der Waals surface area (Å²) in [5.41, 5.74) is 1.64. The van der Waals surface area contributed by atoms with Crippen LogP contribution in [0.4, 0.5) is 4.39 Å². The van der Waals surface area contributed by atoms with Crippen molar-refractivity contribution in [2.24, 2.45) is 5.92 Å². The zero-order valence-corrected chi connectivity index (χ0v) is 16.9. The third kappa shape index (κ3) is 4.86. The molecule has 30 heavy (non-hydrogen) atoms. The molecular formula is C23H27FN2O4. The lowest BCUT2D eigenvalue weighted by atomic mass is 9.72. The Hall–Kier alpha value is -2.77. The summed E-state index contributed by atoms with van der Waals surface area (Å²) in [6.07, 6.45) is -0.417. The van der Waals surface area contributed by atoms with E-state index in [0.29, 0.717) is 36.8 Å². The summed E-state index contributed by atoms with van der Waals surface area (Å²) in [4.78, 5) is 30.2. The number of carbonyl (C=O) groups is 2. The Labute approximate surface area is 175 Å². The minimum Gasteiger partial charge on any atom is -0.393 e. The SMILES string of the molecule is CC(=O)NC(F)[C@@](ONC(=O)c1ccccc1)(c1ccccc1)C1CCC(O)CC1. The third-order valence-electron chi connectivity index (χ3n) is 5.58. The van der Waals surface area contributed by atoms with Crippen molar-refractivity contribution in [2.45, 2.75) is 50.6 Å². The van der Waals surface area contributed by atoms with Gasteiger partial charge in [0.1, 0.15) is 0 Å². The Bertz CT molecular complexity index is 841. The van der Waals surface area contributed by atoms with Gasteiger partial charge in [-0.15, -0.1) is 0 Å². The van der Waals surface area contributed by atoms with Crippen LogP contribution >= 0.6 is 0 Å². The zero-order chi connectivity index (χ0) is 21.6. The largest absolute Gasteiger partial charge is 0.393 e. The smallest absolute Gasteiger partial charge is 0.274 e. The van der Waals surface area contributed by atoms with Gasteiger partial charge < -0.3 is 10.4 Å². The summed E-state index contributed by atoms with van der Waals surface area (Å²) in [5, 5.41) is 12.2. The fourth-order valence-corrected chi connectivity index (χ4v) is 4.05. The molecule has 2 aromatic carbocycles. The number of carbonyl (C=O) groups excluding carboxylic acids is 2. The zero-order valence-electron chi connectivity index (χ0n) is 16.9. The van der Waals surface area contributed by atoms with E-state index in [0.717, 1.165) is 0 Å². The number of nitrogens with one attached hydrogen (secondary N) is 2. The quantitative estimate of drug-likeness (QED) is 0.480. The summed E-state index contributed by atoms with van der Waals surface area (Å²) in [7, 11) is 0. The first-order chi connectivity index (χ1) is 14.4. The standard InChI is InChI=1S/C23H27FN2O4/c1-16(27)25-22(24)23(18-10-6-3-7-11-18,19-12-14-20(28)15-13-19)30-26-21(29)17-8-4-2-5-9-17/h2-11,19-20,22,28H,12-15H2,1H3,(H,25,27)(H,26,29)/t19?,20?,22?,23-/m1/s1. The van der Waals surface area contributed by atoms with Crippen LogP contribution in [0.25, 0.3) is 0 Å². The summed E-state index contributed by atoms with van der Waals surface area (Å²) < 4.78 is 15.7. The van der Waals surface area contributed by atoms with E-state index in [9.17, 15) is 14.7 Å². The maximum absolute atomic E-state index is 15.7. The predicted octanol–water partition coefficient (Wildman–Crippen LogP) is 3.23. The van der Waals surface area contributed by atoms with Crippen LogP contribution in [-0.4, -0.2) is 29.3 Å². The van der Waals surface area contributed by atoms with E-state index in [1.807, 2.05) is 0 Å². The van der Waals surface area contributed by atoms with Gasteiger partial charge in [0.2, 0.25) is 12.2 Å².